The molecule has 0 saturated heterocycles. The third-order valence-corrected chi connectivity index (χ3v) is 7.23. The van der Waals surface area contributed by atoms with Gasteiger partial charge in [0.15, 0.2) is 4.80 Å². The van der Waals surface area contributed by atoms with E-state index in [0.717, 1.165) is 5.56 Å². The standard InChI is InChI=1S/C25H23Cl2N3O3S/c1-4-29(5-2)24(33)21-14(3)28-25-30(22(21)15-6-8-17(26)9-7-15)23(32)20(34-25)13-16-12-18(27)10-11-19(16)31/h6-13,22,31H,4-5H2,1-3H3/b20-13+/t22-/m1/s1. The average Bonchev–Trinajstić information content (AvgIpc) is 3.11. The Morgan fingerprint density at radius 3 is 2.44 bits per heavy atom. The monoisotopic (exact) mass is 515 g/mol. The van der Waals surface area contributed by atoms with Crippen LogP contribution >= 0.6 is 34.5 Å². The second-order valence-corrected chi connectivity index (χ2v) is 9.70. The number of amides is 1. The predicted octanol–water partition coefficient (Wildman–Crippen LogP) is 4.12. The zero-order valence-electron chi connectivity index (χ0n) is 18.9. The van der Waals surface area contributed by atoms with Crippen molar-refractivity contribution in [3.05, 3.63) is 94.6 Å². The second kappa shape index (κ2) is 9.78. The van der Waals surface area contributed by atoms with Crippen molar-refractivity contribution in [2.75, 3.05) is 13.1 Å². The van der Waals surface area contributed by atoms with Crippen molar-refractivity contribution < 1.29 is 9.90 Å². The Hall–Kier alpha value is -2.87. The zero-order chi connectivity index (χ0) is 24.6. The lowest BCUT2D eigenvalue weighted by Crippen LogP contribution is -2.43. The number of hydrogen-bond acceptors (Lipinski definition) is 5. The van der Waals surface area contributed by atoms with Crippen LogP contribution in [0.1, 0.15) is 37.9 Å². The summed E-state index contributed by atoms with van der Waals surface area (Å²) in [6.45, 7) is 6.71. The number of phenols is 1. The van der Waals surface area contributed by atoms with Crippen molar-refractivity contribution in [1.82, 2.24) is 9.47 Å². The molecule has 1 N–H and O–H groups in total. The lowest BCUT2D eigenvalue weighted by atomic mass is 9.94. The molecular formula is C25H23Cl2N3O3S. The SMILES string of the molecule is CCN(CC)C(=O)C1=C(C)N=c2s/c(=C/c3cc(Cl)ccc3O)c(=O)n2[C@@H]1c1ccc(Cl)cc1. The molecule has 6 nitrogen and oxygen atoms in total. The van der Waals surface area contributed by atoms with Crippen molar-refractivity contribution in [1.29, 1.82) is 0 Å². The Labute approximate surface area is 210 Å². The maximum absolute atomic E-state index is 13.6. The first-order chi connectivity index (χ1) is 16.2. The Bertz CT molecular complexity index is 1470. The number of aromatic nitrogens is 1. The van der Waals surface area contributed by atoms with Crippen LogP contribution in [0.25, 0.3) is 6.08 Å². The Kier molecular flexibility index (Phi) is 6.98. The number of halogens is 2. The van der Waals surface area contributed by atoms with Gasteiger partial charge >= 0.3 is 0 Å². The first-order valence-corrected chi connectivity index (χ1v) is 12.4. The molecule has 1 aliphatic heterocycles. The molecule has 2 aromatic carbocycles. The van der Waals surface area contributed by atoms with Crippen LogP contribution in [-0.4, -0.2) is 33.6 Å². The van der Waals surface area contributed by atoms with Gasteiger partial charge in [-0.3, -0.25) is 14.2 Å². The van der Waals surface area contributed by atoms with Gasteiger partial charge in [0.25, 0.3) is 11.5 Å². The van der Waals surface area contributed by atoms with Gasteiger partial charge in [-0.2, -0.15) is 0 Å². The van der Waals surface area contributed by atoms with E-state index in [-0.39, 0.29) is 17.2 Å². The number of nitrogens with zero attached hydrogens (tertiary/aromatic N) is 3. The summed E-state index contributed by atoms with van der Waals surface area (Å²) in [4.78, 5) is 34.0. The summed E-state index contributed by atoms with van der Waals surface area (Å²) in [6.07, 6.45) is 1.59. The van der Waals surface area contributed by atoms with E-state index in [4.69, 9.17) is 23.2 Å². The number of hydrogen-bond donors (Lipinski definition) is 1. The minimum absolute atomic E-state index is 0.0121. The molecule has 0 spiro atoms. The smallest absolute Gasteiger partial charge is 0.271 e. The van der Waals surface area contributed by atoms with E-state index < -0.39 is 6.04 Å². The molecule has 4 rings (SSSR count). The number of likely N-dealkylation sites (N-methyl/N-ethyl adjacent to an activating group) is 1. The Morgan fingerprint density at radius 1 is 1.15 bits per heavy atom. The van der Waals surface area contributed by atoms with Crippen LogP contribution in [0.5, 0.6) is 5.75 Å². The molecule has 1 atom stereocenters. The van der Waals surface area contributed by atoms with Crippen LogP contribution in [0.4, 0.5) is 0 Å². The van der Waals surface area contributed by atoms with Crippen LogP contribution in [-0.2, 0) is 4.79 Å². The summed E-state index contributed by atoms with van der Waals surface area (Å²) >= 11 is 13.4. The van der Waals surface area contributed by atoms with Gasteiger partial charge in [-0.05, 0) is 62.7 Å². The molecule has 0 fully saturated rings. The molecule has 34 heavy (non-hydrogen) atoms. The number of carbonyl (C=O) groups excluding carboxylic acids is 1. The third kappa shape index (κ3) is 4.43. The number of allylic oxidation sites excluding steroid dienone is 1. The molecule has 1 aromatic heterocycles. The minimum Gasteiger partial charge on any atom is -0.507 e. The topological polar surface area (TPSA) is 74.9 Å². The zero-order valence-corrected chi connectivity index (χ0v) is 21.2. The summed E-state index contributed by atoms with van der Waals surface area (Å²) < 4.78 is 1.92. The van der Waals surface area contributed by atoms with E-state index in [1.807, 2.05) is 26.0 Å². The average molecular weight is 516 g/mol. The van der Waals surface area contributed by atoms with Gasteiger partial charge in [0, 0.05) is 28.7 Å². The number of benzene rings is 2. The molecule has 1 amide bonds. The largest absolute Gasteiger partial charge is 0.507 e. The maximum Gasteiger partial charge on any atom is 0.271 e. The molecule has 3 aromatic rings. The van der Waals surface area contributed by atoms with E-state index >= 15 is 0 Å². The number of rotatable bonds is 5. The highest BCUT2D eigenvalue weighted by atomic mass is 35.5. The summed E-state index contributed by atoms with van der Waals surface area (Å²) in [5, 5.41) is 11.2. The fourth-order valence-corrected chi connectivity index (χ4v) is 5.36. The van der Waals surface area contributed by atoms with E-state index in [0.29, 0.717) is 49.3 Å². The molecule has 9 heteroatoms. The molecule has 0 saturated carbocycles. The van der Waals surface area contributed by atoms with E-state index in [2.05, 4.69) is 4.99 Å². The van der Waals surface area contributed by atoms with Crippen LogP contribution in [0.15, 0.2) is 63.5 Å². The van der Waals surface area contributed by atoms with Gasteiger partial charge in [-0.25, -0.2) is 4.99 Å². The molecule has 0 bridgehead atoms. The molecule has 2 heterocycles. The van der Waals surface area contributed by atoms with Crippen molar-refractivity contribution >= 4 is 46.5 Å². The number of aromatic hydroxyl groups is 1. The number of carbonyl (C=O) groups is 1. The van der Waals surface area contributed by atoms with Crippen molar-refractivity contribution in [3.63, 3.8) is 0 Å². The fourth-order valence-electron chi connectivity index (χ4n) is 4.02. The number of thiazole rings is 1. The lowest BCUT2D eigenvalue weighted by molar-refractivity contribution is -0.127. The van der Waals surface area contributed by atoms with Gasteiger partial charge in [0.1, 0.15) is 5.75 Å². The van der Waals surface area contributed by atoms with Crippen LogP contribution in [0.3, 0.4) is 0 Å². The fraction of sp³-hybridized carbons (Fsp3) is 0.240. The highest BCUT2D eigenvalue weighted by Gasteiger charge is 2.34. The second-order valence-electron chi connectivity index (χ2n) is 7.81. The van der Waals surface area contributed by atoms with E-state index in [1.54, 1.807) is 46.7 Å². The molecule has 0 aliphatic carbocycles. The van der Waals surface area contributed by atoms with Crippen molar-refractivity contribution in [3.8, 4) is 5.75 Å². The highest BCUT2D eigenvalue weighted by Crippen LogP contribution is 2.32. The molecule has 0 unspecified atom stereocenters. The van der Waals surface area contributed by atoms with E-state index in [9.17, 15) is 14.7 Å². The van der Waals surface area contributed by atoms with Crippen LogP contribution < -0.4 is 14.9 Å². The first kappa shape index (κ1) is 24.3. The van der Waals surface area contributed by atoms with Crippen LogP contribution in [0, 0.1) is 0 Å². The van der Waals surface area contributed by atoms with Gasteiger partial charge in [0.2, 0.25) is 0 Å². The molecule has 0 radical (unpaired) electrons. The summed E-state index contributed by atoms with van der Waals surface area (Å²) in [5.74, 6) is -0.147. The third-order valence-electron chi connectivity index (χ3n) is 5.76. The number of fused-ring (bicyclic) bond motifs is 1. The molecule has 1 aliphatic rings. The van der Waals surface area contributed by atoms with Crippen molar-refractivity contribution in [2.24, 2.45) is 4.99 Å². The summed E-state index contributed by atoms with van der Waals surface area (Å²) in [7, 11) is 0. The molecular weight excluding hydrogens is 493 g/mol. The Balaban J connectivity index is 1.98. The first-order valence-electron chi connectivity index (χ1n) is 10.8. The summed E-state index contributed by atoms with van der Waals surface area (Å²) in [5.41, 5.74) is 1.90. The van der Waals surface area contributed by atoms with Gasteiger partial charge in [0.05, 0.1) is 21.8 Å². The van der Waals surface area contributed by atoms with Gasteiger partial charge in [-0.1, -0.05) is 46.7 Å². The van der Waals surface area contributed by atoms with Crippen molar-refractivity contribution in [2.45, 2.75) is 26.8 Å². The normalized spacial score (nSPS) is 15.8. The van der Waals surface area contributed by atoms with Crippen LogP contribution in [0.2, 0.25) is 10.0 Å². The molecule has 176 valence electrons. The minimum atomic E-state index is -0.656. The predicted molar refractivity (Wildman–Crippen MR) is 136 cm³/mol. The van der Waals surface area contributed by atoms with Gasteiger partial charge < -0.3 is 10.0 Å². The highest BCUT2D eigenvalue weighted by molar-refractivity contribution is 7.07. The summed E-state index contributed by atoms with van der Waals surface area (Å²) in [6, 6.07) is 11.1. The lowest BCUT2D eigenvalue weighted by Gasteiger charge is -2.29. The Morgan fingerprint density at radius 2 is 1.79 bits per heavy atom. The number of phenolic OH excluding ortho intramolecular Hbond substituents is 1. The van der Waals surface area contributed by atoms with Gasteiger partial charge in [-0.15, -0.1) is 0 Å². The van der Waals surface area contributed by atoms with E-state index in [1.165, 1.54) is 17.4 Å². The maximum atomic E-state index is 13.6. The quantitative estimate of drug-likeness (QED) is 0.555.